The zero-order chi connectivity index (χ0) is 10.6. The predicted molar refractivity (Wildman–Crippen MR) is 53.3 cm³/mol. The van der Waals surface area contributed by atoms with Gasteiger partial charge in [-0.1, -0.05) is 5.92 Å². The highest BCUT2D eigenvalue weighted by Gasteiger charge is 2.13. The number of carboxylic acid groups (broad SMARTS) is 1. The second kappa shape index (κ2) is 4.28. The van der Waals surface area contributed by atoms with E-state index in [4.69, 9.17) is 11.5 Å². The van der Waals surface area contributed by atoms with Crippen LogP contribution in [-0.4, -0.2) is 29.7 Å². The summed E-state index contributed by atoms with van der Waals surface area (Å²) in [4.78, 5) is 16.2. The first-order valence-corrected chi connectivity index (χ1v) is 3.99. The summed E-state index contributed by atoms with van der Waals surface area (Å²) < 4.78 is 0. The SMILES string of the molecule is C#CCN(C)c1cccnc1C(=O)O. The van der Waals surface area contributed by atoms with Gasteiger partial charge >= 0.3 is 5.97 Å². The lowest BCUT2D eigenvalue weighted by atomic mass is 10.2. The molecule has 0 radical (unpaired) electrons. The Bertz CT molecular complexity index is 382. The smallest absolute Gasteiger partial charge is 0.356 e. The van der Waals surface area contributed by atoms with Gasteiger partial charge < -0.3 is 10.0 Å². The predicted octanol–water partition coefficient (Wildman–Crippen LogP) is 0.849. The normalized spacial score (nSPS) is 9.14. The second-order valence-electron chi connectivity index (χ2n) is 2.74. The van der Waals surface area contributed by atoms with Crippen LogP contribution >= 0.6 is 0 Å². The molecular weight excluding hydrogens is 180 g/mol. The van der Waals surface area contributed by atoms with Crippen LogP contribution in [0.5, 0.6) is 0 Å². The average molecular weight is 190 g/mol. The van der Waals surface area contributed by atoms with Crippen molar-refractivity contribution in [2.45, 2.75) is 0 Å². The molecule has 0 fully saturated rings. The Morgan fingerprint density at radius 2 is 2.50 bits per heavy atom. The number of carbonyl (C=O) groups is 1. The zero-order valence-corrected chi connectivity index (χ0v) is 7.77. The third-order valence-electron chi connectivity index (χ3n) is 1.73. The van der Waals surface area contributed by atoms with E-state index in [1.165, 1.54) is 6.20 Å². The van der Waals surface area contributed by atoms with Crippen LogP contribution in [0.3, 0.4) is 0 Å². The molecule has 72 valence electrons. The lowest BCUT2D eigenvalue weighted by Crippen LogP contribution is -2.20. The van der Waals surface area contributed by atoms with Crippen molar-refractivity contribution in [3.63, 3.8) is 0 Å². The van der Waals surface area contributed by atoms with Crippen molar-refractivity contribution >= 4 is 11.7 Å². The number of aromatic carboxylic acids is 1. The highest BCUT2D eigenvalue weighted by molar-refractivity contribution is 5.92. The van der Waals surface area contributed by atoms with Gasteiger partial charge in [0, 0.05) is 13.2 Å². The van der Waals surface area contributed by atoms with Gasteiger partial charge in [0.2, 0.25) is 0 Å². The molecule has 1 heterocycles. The summed E-state index contributed by atoms with van der Waals surface area (Å²) in [5, 5.41) is 8.84. The standard InChI is InChI=1S/C10H10N2O2/c1-3-7-12(2)8-5-4-6-11-9(8)10(13)14/h1,4-6H,7H2,2H3,(H,13,14). The average Bonchev–Trinajstić information content (AvgIpc) is 2.18. The molecule has 0 bridgehead atoms. The third kappa shape index (κ3) is 2.02. The number of hydrogen-bond donors (Lipinski definition) is 1. The van der Waals surface area contributed by atoms with Crippen molar-refractivity contribution in [1.29, 1.82) is 0 Å². The Labute approximate surface area is 82.2 Å². The van der Waals surface area contributed by atoms with Crippen molar-refractivity contribution < 1.29 is 9.90 Å². The van der Waals surface area contributed by atoms with Gasteiger partial charge in [-0.05, 0) is 12.1 Å². The molecule has 4 heteroatoms. The largest absolute Gasteiger partial charge is 0.476 e. The summed E-state index contributed by atoms with van der Waals surface area (Å²) in [5.41, 5.74) is 0.545. The van der Waals surface area contributed by atoms with Crippen LogP contribution in [0.1, 0.15) is 10.5 Å². The van der Waals surface area contributed by atoms with Gasteiger partial charge in [-0.15, -0.1) is 6.42 Å². The van der Waals surface area contributed by atoms with Gasteiger partial charge in [0.15, 0.2) is 5.69 Å². The minimum atomic E-state index is -1.05. The fraction of sp³-hybridized carbons (Fsp3) is 0.200. The molecule has 0 saturated heterocycles. The third-order valence-corrected chi connectivity index (χ3v) is 1.73. The molecule has 0 amide bonds. The lowest BCUT2D eigenvalue weighted by Gasteiger charge is -2.17. The van der Waals surface area contributed by atoms with Crippen molar-refractivity contribution in [3.05, 3.63) is 24.0 Å². The van der Waals surface area contributed by atoms with Crippen LogP contribution in [0.15, 0.2) is 18.3 Å². The van der Waals surface area contributed by atoms with Crippen molar-refractivity contribution in [3.8, 4) is 12.3 Å². The molecular formula is C10H10N2O2. The molecule has 4 nitrogen and oxygen atoms in total. The van der Waals surface area contributed by atoms with Crippen LogP contribution < -0.4 is 4.90 Å². The molecule has 1 N–H and O–H groups in total. The first kappa shape index (κ1) is 10.1. The van der Waals surface area contributed by atoms with E-state index in [1.807, 2.05) is 0 Å². The minimum Gasteiger partial charge on any atom is -0.476 e. The monoisotopic (exact) mass is 190 g/mol. The molecule has 0 aromatic carbocycles. The molecule has 0 unspecified atom stereocenters. The number of anilines is 1. The van der Waals surface area contributed by atoms with Crippen LogP contribution in [0.2, 0.25) is 0 Å². The minimum absolute atomic E-state index is 0.0188. The van der Waals surface area contributed by atoms with Crippen LogP contribution in [0.25, 0.3) is 0 Å². The maximum Gasteiger partial charge on any atom is 0.356 e. The number of nitrogens with zero attached hydrogens (tertiary/aromatic N) is 2. The Kier molecular flexibility index (Phi) is 3.08. The maximum atomic E-state index is 10.8. The molecule has 0 aliphatic rings. The first-order valence-electron chi connectivity index (χ1n) is 3.99. The summed E-state index contributed by atoms with van der Waals surface area (Å²) in [6, 6.07) is 3.35. The molecule has 0 saturated carbocycles. The van der Waals surface area contributed by atoms with Crippen LogP contribution in [0, 0.1) is 12.3 Å². The van der Waals surface area contributed by atoms with E-state index < -0.39 is 5.97 Å². The van der Waals surface area contributed by atoms with Gasteiger partial charge in [0.1, 0.15) is 0 Å². The van der Waals surface area contributed by atoms with Gasteiger partial charge in [-0.3, -0.25) is 0 Å². The van der Waals surface area contributed by atoms with E-state index in [0.717, 1.165) is 0 Å². The van der Waals surface area contributed by atoms with Gasteiger partial charge in [0.05, 0.1) is 12.2 Å². The number of aromatic nitrogens is 1. The number of terminal acetylenes is 1. The van der Waals surface area contributed by atoms with Gasteiger partial charge in [-0.25, -0.2) is 9.78 Å². The first-order chi connectivity index (χ1) is 6.66. The van der Waals surface area contributed by atoms with Crippen molar-refractivity contribution in [1.82, 2.24) is 4.98 Å². The van der Waals surface area contributed by atoms with E-state index >= 15 is 0 Å². The Morgan fingerprint density at radius 1 is 1.79 bits per heavy atom. The van der Waals surface area contributed by atoms with Crippen molar-refractivity contribution in [2.75, 3.05) is 18.5 Å². The molecule has 0 aliphatic heterocycles. The Hall–Kier alpha value is -2.02. The number of carboxylic acids is 1. The Balaban J connectivity index is 3.08. The van der Waals surface area contributed by atoms with E-state index in [2.05, 4.69) is 10.9 Å². The molecule has 1 aromatic heterocycles. The summed E-state index contributed by atoms with van der Waals surface area (Å²) in [7, 11) is 1.73. The van der Waals surface area contributed by atoms with E-state index in [-0.39, 0.29) is 5.69 Å². The van der Waals surface area contributed by atoms with Gasteiger partial charge in [0.25, 0.3) is 0 Å². The van der Waals surface area contributed by atoms with Crippen molar-refractivity contribution in [2.24, 2.45) is 0 Å². The summed E-state index contributed by atoms with van der Waals surface area (Å²) in [6.07, 6.45) is 6.57. The van der Waals surface area contributed by atoms with E-state index in [1.54, 1.807) is 24.1 Å². The van der Waals surface area contributed by atoms with E-state index in [9.17, 15) is 4.79 Å². The Morgan fingerprint density at radius 3 is 3.07 bits per heavy atom. The van der Waals surface area contributed by atoms with Crippen LogP contribution in [-0.2, 0) is 0 Å². The fourth-order valence-electron chi connectivity index (χ4n) is 1.09. The van der Waals surface area contributed by atoms with Gasteiger partial charge in [-0.2, -0.15) is 0 Å². The molecule has 1 rings (SSSR count). The molecule has 14 heavy (non-hydrogen) atoms. The summed E-state index contributed by atoms with van der Waals surface area (Å²) in [6.45, 7) is 0.353. The highest BCUT2D eigenvalue weighted by Crippen LogP contribution is 2.15. The second-order valence-corrected chi connectivity index (χ2v) is 2.74. The summed E-state index contributed by atoms with van der Waals surface area (Å²) in [5.74, 6) is 1.39. The number of pyridine rings is 1. The maximum absolute atomic E-state index is 10.8. The highest BCUT2D eigenvalue weighted by atomic mass is 16.4. The van der Waals surface area contributed by atoms with Crippen LogP contribution in [0.4, 0.5) is 5.69 Å². The zero-order valence-electron chi connectivity index (χ0n) is 7.77. The quantitative estimate of drug-likeness (QED) is 0.718. The molecule has 0 spiro atoms. The topological polar surface area (TPSA) is 53.4 Å². The molecule has 1 aromatic rings. The number of hydrogen-bond acceptors (Lipinski definition) is 3. The molecule has 0 atom stereocenters. The number of rotatable bonds is 3. The fourth-order valence-corrected chi connectivity index (χ4v) is 1.09. The van der Waals surface area contributed by atoms with E-state index in [0.29, 0.717) is 12.2 Å². The lowest BCUT2D eigenvalue weighted by molar-refractivity contribution is 0.0691. The molecule has 0 aliphatic carbocycles. The summed E-state index contributed by atoms with van der Waals surface area (Å²) >= 11 is 0.